The molecule has 3 nitrogen and oxygen atoms in total. The van der Waals surface area contributed by atoms with Crippen molar-refractivity contribution in [2.75, 3.05) is 0 Å². The molecule has 5 aromatic rings. The van der Waals surface area contributed by atoms with Crippen LogP contribution >= 0.6 is 11.3 Å². The zero-order valence-corrected chi connectivity index (χ0v) is 17.3. The lowest BCUT2D eigenvalue weighted by atomic mass is 9.91. The summed E-state index contributed by atoms with van der Waals surface area (Å²) >= 11 is 1.56. The van der Waals surface area contributed by atoms with E-state index in [2.05, 4.69) is 29.3 Å². The second-order valence-corrected chi connectivity index (χ2v) is 8.26. The van der Waals surface area contributed by atoms with Crippen molar-refractivity contribution in [3.63, 3.8) is 0 Å². The minimum atomic E-state index is -0.422. The first-order valence-electron chi connectivity index (χ1n) is 9.88. The van der Waals surface area contributed by atoms with Crippen LogP contribution in [0.4, 0.5) is 0 Å². The van der Waals surface area contributed by atoms with Gasteiger partial charge in [0.1, 0.15) is 0 Å². The summed E-state index contributed by atoms with van der Waals surface area (Å²) in [6.45, 7) is 0. The Balaban J connectivity index is 1.67. The highest BCUT2D eigenvalue weighted by Crippen LogP contribution is 2.28. The Hall–Kier alpha value is -3.50. The van der Waals surface area contributed by atoms with E-state index in [9.17, 15) is 4.79 Å². The maximum Gasteiger partial charge on any atom is 0.260 e. The van der Waals surface area contributed by atoms with Gasteiger partial charge in [-0.25, -0.2) is 0 Å². The molecule has 4 aromatic carbocycles. The summed E-state index contributed by atoms with van der Waals surface area (Å²) < 4.78 is 3.16. The van der Waals surface area contributed by atoms with E-state index in [0.29, 0.717) is 4.80 Å². The zero-order chi connectivity index (χ0) is 20.5. The second kappa shape index (κ2) is 7.73. The summed E-state index contributed by atoms with van der Waals surface area (Å²) in [6.07, 6.45) is 0. The van der Waals surface area contributed by atoms with Gasteiger partial charge in [0, 0.05) is 12.4 Å². The van der Waals surface area contributed by atoms with E-state index in [1.54, 1.807) is 11.3 Å². The molecule has 30 heavy (non-hydrogen) atoms. The van der Waals surface area contributed by atoms with Crippen LogP contribution in [0, 0.1) is 0 Å². The summed E-state index contributed by atoms with van der Waals surface area (Å²) in [5.41, 5.74) is 2.99. The lowest BCUT2D eigenvalue weighted by Gasteiger charge is -2.14. The molecule has 0 N–H and O–H groups in total. The van der Waals surface area contributed by atoms with Crippen molar-refractivity contribution in [2.24, 2.45) is 12.0 Å². The van der Waals surface area contributed by atoms with E-state index in [1.165, 1.54) is 10.8 Å². The van der Waals surface area contributed by atoms with Gasteiger partial charge >= 0.3 is 0 Å². The molecule has 5 rings (SSSR count). The van der Waals surface area contributed by atoms with E-state index in [1.807, 2.05) is 84.4 Å². The Morgan fingerprint density at radius 3 is 2.07 bits per heavy atom. The number of thiazole rings is 1. The SMILES string of the molecule is Cn1c(=NC(=O)C(c2ccccc2)c2ccccc2)sc2c3ccccc3ccc21. The molecule has 0 radical (unpaired) electrons. The van der Waals surface area contributed by atoms with Gasteiger partial charge in [-0.05, 0) is 22.6 Å². The minimum Gasteiger partial charge on any atom is -0.319 e. The van der Waals surface area contributed by atoms with Crippen molar-refractivity contribution in [2.45, 2.75) is 5.92 Å². The maximum absolute atomic E-state index is 13.4. The summed E-state index contributed by atoms with van der Waals surface area (Å²) in [5.74, 6) is -0.576. The number of hydrogen-bond acceptors (Lipinski definition) is 2. The number of amides is 1. The Kier molecular flexibility index (Phi) is 4.77. The zero-order valence-electron chi connectivity index (χ0n) is 16.5. The molecule has 0 aliphatic rings. The number of carbonyl (C=O) groups excluding carboxylic acids is 1. The Bertz CT molecular complexity index is 1380. The predicted molar refractivity (Wildman–Crippen MR) is 124 cm³/mol. The molecule has 146 valence electrons. The van der Waals surface area contributed by atoms with Gasteiger partial charge in [-0.2, -0.15) is 4.99 Å². The maximum atomic E-state index is 13.4. The van der Waals surface area contributed by atoms with Gasteiger partial charge < -0.3 is 4.57 Å². The van der Waals surface area contributed by atoms with Crippen molar-refractivity contribution in [3.05, 3.63) is 113 Å². The highest BCUT2D eigenvalue weighted by Gasteiger charge is 2.22. The third-order valence-corrected chi connectivity index (χ3v) is 6.60. The van der Waals surface area contributed by atoms with Gasteiger partial charge in [0.05, 0.1) is 16.1 Å². The molecule has 0 atom stereocenters. The van der Waals surface area contributed by atoms with Crippen LogP contribution in [0.1, 0.15) is 17.0 Å². The largest absolute Gasteiger partial charge is 0.319 e. The van der Waals surface area contributed by atoms with Crippen molar-refractivity contribution in [1.82, 2.24) is 4.57 Å². The lowest BCUT2D eigenvalue weighted by Crippen LogP contribution is -2.18. The van der Waals surface area contributed by atoms with Crippen LogP contribution in [-0.2, 0) is 11.8 Å². The number of carbonyl (C=O) groups is 1. The highest BCUT2D eigenvalue weighted by molar-refractivity contribution is 7.17. The van der Waals surface area contributed by atoms with Crippen molar-refractivity contribution in [1.29, 1.82) is 0 Å². The van der Waals surface area contributed by atoms with Gasteiger partial charge in [0.15, 0.2) is 4.80 Å². The van der Waals surface area contributed by atoms with Crippen molar-refractivity contribution < 1.29 is 4.79 Å². The monoisotopic (exact) mass is 408 g/mol. The number of nitrogens with zero attached hydrogens (tertiary/aromatic N) is 2. The Morgan fingerprint density at radius 2 is 1.40 bits per heavy atom. The van der Waals surface area contributed by atoms with E-state index < -0.39 is 5.92 Å². The molecule has 0 saturated carbocycles. The van der Waals surface area contributed by atoms with Gasteiger partial charge in [0.2, 0.25) is 0 Å². The summed E-state index contributed by atoms with van der Waals surface area (Å²) in [5, 5.41) is 2.38. The molecular weight excluding hydrogens is 388 g/mol. The highest BCUT2D eigenvalue weighted by atomic mass is 32.1. The number of rotatable bonds is 3. The van der Waals surface area contributed by atoms with Gasteiger partial charge in [-0.1, -0.05) is 102 Å². The molecule has 0 fully saturated rings. The number of benzene rings is 4. The first kappa shape index (κ1) is 18.5. The Labute approximate surface area is 178 Å². The summed E-state index contributed by atoms with van der Waals surface area (Å²) in [6, 6.07) is 32.3. The third-order valence-electron chi connectivity index (χ3n) is 5.42. The molecule has 0 spiro atoms. The molecule has 0 saturated heterocycles. The van der Waals surface area contributed by atoms with Crippen LogP contribution in [0.25, 0.3) is 21.0 Å². The first-order valence-corrected chi connectivity index (χ1v) is 10.7. The second-order valence-electron chi connectivity index (χ2n) is 7.28. The topological polar surface area (TPSA) is 34.4 Å². The molecule has 4 heteroatoms. The Morgan fingerprint density at radius 1 is 0.800 bits per heavy atom. The molecule has 0 aliphatic carbocycles. The number of fused-ring (bicyclic) bond motifs is 3. The average molecular weight is 409 g/mol. The minimum absolute atomic E-state index is 0.154. The fourth-order valence-electron chi connectivity index (χ4n) is 3.89. The molecule has 0 aliphatic heterocycles. The number of hydrogen-bond donors (Lipinski definition) is 0. The molecule has 1 aromatic heterocycles. The molecule has 0 bridgehead atoms. The predicted octanol–water partition coefficient (Wildman–Crippen LogP) is 5.65. The normalized spacial score (nSPS) is 12.1. The van der Waals surface area contributed by atoms with Gasteiger partial charge in [-0.3, -0.25) is 4.79 Å². The van der Waals surface area contributed by atoms with Gasteiger partial charge in [-0.15, -0.1) is 0 Å². The van der Waals surface area contributed by atoms with E-state index >= 15 is 0 Å². The molecule has 1 amide bonds. The number of aryl methyl sites for hydroxylation is 1. The van der Waals surface area contributed by atoms with Crippen LogP contribution < -0.4 is 4.80 Å². The van der Waals surface area contributed by atoms with E-state index in [4.69, 9.17) is 0 Å². The van der Waals surface area contributed by atoms with Crippen LogP contribution in [0.5, 0.6) is 0 Å². The van der Waals surface area contributed by atoms with E-state index in [0.717, 1.165) is 21.3 Å². The molecule has 1 heterocycles. The molecule has 0 unspecified atom stereocenters. The summed E-state index contributed by atoms with van der Waals surface area (Å²) in [4.78, 5) is 18.7. The van der Waals surface area contributed by atoms with Gasteiger partial charge in [0.25, 0.3) is 5.91 Å². The van der Waals surface area contributed by atoms with Crippen molar-refractivity contribution in [3.8, 4) is 0 Å². The van der Waals surface area contributed by atoms with Crippen LogP contribution in [0.15, 0.2) is 102 Å². The van der Waals surface area contributed by atoms with Crippen molar-refractivity contribution >= 4 is 38.2 Å². The third kappa shape index (κ3) is 3.25. The molecular formula is C26H20N2OS. The average Bonchev–Trinajstić information content (AvgIpc) is 3.11. The van der Waals surface area contributed by atoms with Crippen LogP contribution in [-0.4, -0.2) is 10.5 Å². The quantitative estimate of drug-likeness (QED) is 0.380. The smallest absolute Gasteiger partial charge is 0.260 e. The van der Waals surface area contributed by atoms with Crippen LogP contribution in [0.2, 0.25) is 0 Å². The lowest BCUT2D eigenvalue weighted by molar-refractivity contribution is -0.118. The fourth-order valence-corrected chi connectivity index (χ4v) is 5.05. The first-order chi connectivity index (χ1) is 14.7. The van der Waals surface area contributed by atoms with Crippen LogP contribution in [0.3, 0.4) is 0 Å². The number of aromatic nitrogens is 1. The standard InChI is InChI=1S/C26H20N2OS/c1-28-22-17-16-18-10-8-9-15-21(18)24(22)30-26(28)27-25(29)23(19-11-4-2-5-12-19)20-13-6-3-7-14-20/h2-17,23H,1H3. The fraction of sp³-hybridized carbons (Fsp3) is 0.0769. The summed E-state index contributed by atoms with van der Waals surface area (Å²) in [7, 11) is 1.97. The van der Waals surface area contributed by atoms with E-state index in [-0.39, 0.29) is 5.91 Å².